The van der Waals surface area contributed by atoms with Gasteiger partial charge in [0.2, 0.25) is 5.91 Å². The zero-order chi connectivity index (χ0) is 16.7. The van der Waals surface area contributed by atoms with Crippen molar-refractivity contribution in [3.05, 3.63) is 60.2 Å². The van der Waals surface area contributed by atoms with Crippen molar-refractivity contribution in [1.82, 2.24) is 5.32 Å². The minimum atomic E-state index is -0.0696. The maximum atomic E-state index is 12.2. The van der Waals surface area contributed by atoms with Gasteiger partial charge in [-0.2, -0.15) is 0 Å². The van der Waals surface area contributed by atoms with Crippen LogP contribution in [0.5, 0.6) is 5.75 Å². The molecule has 1 amide bonds. The van der Waals surface area contributed by atoms with Crippen LogP contribution in [-0.2, 0) is 4.79 Å². The highest BCUT2D eigenvalue weighted by Gasteiger charge is 2.16. The minimum absolute atomic E-state index is 0.0696. The third-order valence-electron chi connectivity index (χ3n) is 3.66. The van der Waals surface area contributed by atoms with Crippen LogP contribution in [0, 0.1) is 5.92 Å². The van der Waals surface area contributed by atoms with E-state index in [9.17, 15) is 4.79 Å². The molecule has 0 radical (unpaired) electrons. The number of rotatable bonds is 7. The second kappa shape index (κ2) is 8.34. The van der Waals surface area contributed by atoms with Crippen LogP contribution in [0.1, 0.15) is 25.5 Å². The summed E-state index contributed by atoms with van der Waals surface area (Å²) in [5, 5.41) is 6.22. The van der Waals surface area contributed by atoms with Crippen molar-refractivity contribution < 1.29 is 9.53 Å². The molecule has 2 N–H and O–H groups in total. The van der Waals surface area contributed by atoms with Crippen molar-refractivity contribution in [3.63, 3.8) is 0 Å². The van der Waals surface area contributed by atoms with E-state index >= 15 is 0 Å². The van der Waals surface area contributed by atoms with E-state index in [0.717, 1.165) is 11.4 Å². The van der Waals surface area contributed by atoms with E-state index < -0.39 is 0 Å². The highest BCUT2D eigenvalue weighted by molar-refractivity contribution is 5.92. The second-order valence-electron chi connectivity index (χ2n) is 5.79. The normalized spacial score (nSPS) is 12.0. The van der Waals surface area contributed by atoms with E-state index in [-0.39, 0.29) is 18.5 Å². The van der Waals surface area contributed by atoms with E-state index in [4.69, 9.17) is 4.74 Å². The van der Waals surface area contributed by atoms with Gasteiger partial charge >= 0.3 is 0 Å². The quantitative estimate of drug-likeness (QED) is 0.821. The largest absolute Gasteiger partial charge is 0.497 e. The Labute approximate surface area is 137 Å². The molecule has 0 bridgehead atoms. The molecule has 2 aromatic carbocycles. The van der Waals surface area contributed by atoms with E-state index in [1.165, 1.54) is 5.56 Å². The molecule has 0 saturated heterocycles. The molecule has 23 heavy (non-hydrogen) atoms. The van der Waals surface area contributed by atoms with Gasteiger partial charge in [0, 0.05) is 17.8 Å². The van der Waals surface area contributed by atoms with Crippen molar-refractivity contribution in [2.75, 3.05) is 19.0 Å². The van der Waals surface area contributed by atoms with Gasteiger partial charge in [0.15, 0.2) is 0 Å². The predicted octanol–water partition coefficient (Wildman–Crippen LogP) is 3.62. The number of anilines is 1. The van der Waals surface area contributed by atoms with Crippen LogP contribution in [0.25, 0.3) is 0 Å². The molecule has 0 spiro atoms. The first kappa shape index (κ1) is 17.0. The van der Waals surface area contributed by atoms with Crippen LogP contribution in [-0.4, -0.2) is 19.6 Å². The highest BCUT2D eigenvalue weighted by Crippen LogP contribution is 2.21. The highest BCUT2D eigenvalue weighted by atomic mass is 16.5. The summed E-state index contributed by atoms with van der Waals surface area (Å²) in [6, 6.07) is 17.7. The molecule has 1 atom stereocenters. The van der Waals surface area contributed by atoms with Crippen molar-refractivity contribution in [3.8, 4) is 5.75 Å². The summed E-state index contributed by atoms with van der Waals surface area (Å²) in [5.74, 6) is 1.04. The molecule has 0 heterocycles. The first-order valence-corrected chi connectivity index (χ1v) is 7.82. The van der Waals surface area contributed by atoms with Gasteiger partial charge in [-0.3, -0.25) is 4.79 Å². The Hall–Kier alpha value is -2.33. The number of methoxy groups -OCH3 is 1. The first-order chi connectivity index (χ1) is 11.1. The Balaban J connectivity index is 1.94. The van der Waals surface area contributed by atoms with Gasteiger partial charge in [0.25, 0.3) is 0 Å². The summed E-state index contributed by atoms with van der Waals surface area (Å²) in [5.41, 5.74) is 1.92. The van der Waals surface area contributed by atoms with Gasteiger partial charge in [-0.1, -0.05) is 50.2 Å². The summed E-state index contributed by atoms with van der Waals surface area (Å²) in [7, 11) is 1.61. The van der Waals surface area contributed by atoms with Crippen molar-refractivity contribution in [2.24, 2.45) is 5.92 Å². The number of ether oxygens (including phenoxy) is 1. The monoisotopic (exact) mass is 312 g/mol. The van der Waals surface area contributed by atoms with Crippen molar-refractivity contribution >= 4 is 11.6 Å². The van der Waals surface area contributed by atoms with Gasteiger partial charge in [0.1, 0.15) is 5.75 Å². The lowest BCUT2D eigenvalue weighted by molar-refractivity contribution is -0.115. The number of hydrogen-bond acceptors (Lipinski definition) is 3. The molecular formula is C19H24N2O2. The number of carbonyl (C=O) groups is 1. The average Bonchev–Trinajstić information content (AvgIpc) is 2.56. The Morgan fingerprint density at radius 1 is 1.09 bits per heavy atom. The van der Waals surface area contributed by atoms with Crippen molar-refractivity contribution in [2.45, 2.75) is 19.9 Å². The van der Waals surface area contributed by atoms with Gasteiger partial charge in [-0.15, -0.1) is 0 Å². The molecule has 122 valence electrons. The first-order valence-electron chi connectivity index (χ1n) is 7.82. The van der Waals surface area contributed by atoms with Gasteiger partial charge in [0.05, 0.1) is 13.7 Å². The van der Waals surface area contributed by atoms with Gasteiger partial charge in [-0.05, 0) is 23.6 Å². The van der Waals surface area contributed by atoms with E-state index in [1.54, 1.807) is 13.2 Å². The number of nitrogens with one attached hydrogen (secondary N) is 2. The summed E-state index contributed by atoms with van der Waals surface area (Å²) in [6.45, 7) is 4.55. The molecule has 4 heteroatoms. The molecule has 4 nitrogen and oxygen atoms in total. The molecule has 0 unspecified atom stereocenters. The Morgan fingerprint density at radius 3 is 2.48 bits per heavy atom. The lowest BCUT2D eigenvalue weighted by Crippen LogP contribution is -2.33. The number of amides is 1. The van der Waals surface area contributed by atoms with Gasteiger partial charge < -0.3 is 15.4 Å². The van der Waals surface area contributed by atoms with Crippen LogP contribution >= 0.6 is 0 Å². The third-order valence-corrected chi connectivity index (χ3v) is 3.66. The molecule has 0 aliphatic heterocycles. The van der Waals surface area contributed by atoms with Crippen LogP contribution in [0.4, 0.5) is 5.69 Å². The smallest absolute Gasteiger partial charge is 0.238 e. The maximum absolute atomic E-state index is 12.2. The summed E-state index contributed by atoms with van der Waals surface area (Å²) in [6.07, 6.45) is 0. The molecule has 0 aromatic heterocycles. The summed E-state index contributed by atoms with van der Waals surface area (Å²) in [4.78, 5) is 12.2. The maximum Gasteiger partial charge on any atom is 0.238 e. The Morgan fingerprint density at radius 2 is 1.83 bits per heavy atom. The lowest BCUT2D eigenvalue weighted by atomic mass is 9.96. The summed E-state index contributed by atoms with van der Waals surface area (Å²) >= 11 is 0. The number of carbonyl (C=O) groups excluding carboxylic acids is 1. The van der Waals surface area contributed by atoms with E-state index in [0.29, 0.717) is 5.92 Å². The SMILES string of the molecule is COc1cccc(NC(=O)CN[C@@H](c2ccccc2)C(C)C)c1. The molecule has 0 saturated carbocycles. The average molecular weight is 312 g/mol. The van der Waals surface area contributed by atoms with Crippen molar-refractivity contribution in [1.29, 1.82) is 0 Å². The fourth-order valence-electron chi connectivity index (χ4n) is 2.51. The molecular weight excluding hydrogens is 288 g/mol. The van der Waals surface area contributed by atoms with Crippen LogP contribution < -0.4 is 15.4 Å². The molecule has 0 fully saturated rings. The lowest BCUT2D eigenvalue weighted by Gasteiger charge is -2.22. The zero-order valence-corrected chi connectivity index (χ0v) is 13.9. The standard InChI is InChI=1S/C19H24N2O2/c1-14(2)19(15-8-5-4-6-9-15)20-13-18(22)21-16-10-7-11-17(12-16)23-3/h4-12,14,19-20H,13H2,1-3H3,(H,21,22)/t19-/m1/s1. The number of benzene rings is 2. The van der Waals surface area contributed by atoms with E-state index in [1.807, 2.05) is 36.4 Å². The Kier molecular flexibility index (Phi) is 6.18. The van der Waals surface area contributed by atoms with Crippen LogP contribution in [0.2, 0.25) is 0 Å². The van der Waals surface area contributed by atoms with Crippen LogP contribution in [0.15, 0.2) is 54.6 Å². The van der Waals surface area contributed by atoms with Crippen LogP contribution in [0.3, 0.4) is 0 Å². The fraction of sp³-hybridized carbons (Fsp3) is 0.316. The van der Waals surface area contributed by atoms with Gasteiger partial charge in [-0.25, -0.2) is 0 Å². The molecule has 0 aliphatic carbocycles. The summed E-state index contributed by atoms with van der Waals surface area (Å²) < 4.78 is 5.16. The third kappa shape index (κ3) is 5.11. The fourth-order valence-corrected chi connectivity index (χ4v) is 2.51. The molecule has 0 aliphatic rings. The molecule has 2 aromatic rings. The minimum Gasteiger partial charge on any atom is -0.497 e. The Bertz CT molecular complexity index is 626. The zero-order valence-electron chi connectivity index (χ0n) is 13.9. The number of hydrogen-bond donors (Lipinski definition) is 2. The topological polar surface area (TPSA) is 50.4 Å². The van der Waals surface area contributed by atoms with E-state index in [2.05, 4.69) is 36.6 Å². The molecule has 2 rings (SSSR count). The second-order valence-corrected chi connectivity index (χ2v) is 5.79. The predicted molar refractivity (Wildman–Crippen MR) is 93.6 cm³/mol.